The molecule has 0 aliphatic heterocycles. The van der Waals surface area contributed by atoms with Gasteiger partial charge in [0.15, 0.2) is 5.84 Å². The summed E-state index contributed by atoms with van der Waals surface area (Å²) in [5, 5.41) is 14.4. The lowest BCUT2D eigenvalue weighted by Gasteiger charge is -2.05. The molecule has 5 heteroatoms. The molecule has 5 nitrogen and oxygen atoms in total. The van der Waals surface area contributed by atoms with Crippen molar-refractivity contribution in [2.24, 2.45) is 16.8 Å². The van der Waals surface area contributed by atoms with Crippen molar-refractivity contribution < 1.29 is 10.0 Å². The number of amides is 1. The number of benzene rings is 1. The van der Waals surface area contributed by atoms with E-state index in [1.165, 1.54) is 0 Å². The van der Waals surface area contributed by atoms with Gasteiger partial charge in [0.2, 0.25) is 0 Å². The van der Waals surface area contributed by atoms with Gasteiger partial charge in [-0.15, -0.1) is 0 Å². The average Bonchev–Trinajstić information content (AvgIpc) is 3.16. The number of hydrogen-bond donors (Lipinski definition) is 3. The zero-order valence-electron chi connectivity index (χ0n) is 10.3. The van der Waals surface area contributed by atoms with Gasteiger partial charge in [0.25, 0.3) is 5.91 Å². The minimum absolute atomic E-state index is 0.0372. The van der Waals surface area contributed by atoms with E-state index in [4.69, 9.17) is 10.9 Å². The lowest BCUT2D eigenvalue weighted by molar-refractivity contribution is 0.0949. The van der Waals surface area contributed by atoms with Gasteiger partial charge in [-0.1, -0.05) is 30.6 Å². The molecule has 2 atom stereocenters. The van der Waals surface area contributed by atoms with Crippen LogP contribution in [0.2, 0.25) is 0 Å². The fourth-order valence-electron chi connectivity index (χ4n) is 1.98. The first-order chi connectivity index (χ1) is 8.65. The van der Waals surface area contributed by atoms with Crippen LogP contribution in [-0.4, -0.2) is 23.0 Å². The van der Waals surface area contributed by atoms with Gasteiger partial charge in [-0.25, -0.2) is 0 Å². The summed E-state index contributed by atoms with van der Waals surface area (Å²) in [5.41, 5.74) is 6.63. The predicted octanol–water partition coefficient (Wildman–Crippen LogP) is 1.31. The van der Waals surface area contributed by atoms with Crippen LogP contribution in [0.5, 0.6) is 0 Å². The molecule has 1 aromatic rings. The highest BCUT2D eigenvalue weighted by Gasteiger charge is 2.36. The smallest absolute Gasteiger partial charge is 0.251 e. The number of rotatable bonds is 4. The van der Waals surface area contributed by atoms with Gasteiger partial charge in [0.05, 0.1) is 0 Å². The number of amidine groups is 1. The van der Waals surface area contributed by atoms with Crippen LogP contribution in [0.25, 0.3) is 0 Å². The number of oxime groups is 1. The maximum absolute atomic E-state index is 11.9. The molecule has 1 amide bonds. The molecule has 1 saturated carbocycles. The molecule has 0 bridgehead atoms. The maximum Gasteiger partial charge on any atom is 0.251 e. The Balaban J connectivity index is 1.99. The number of hydrogen-bond acceptors (Lipinski definition) is 3. The summed E-state index contributed by atoms with van der Waals surface area (Å²) in [7, 11) is 0. The number of nitrogens with one attached hydrogen (secondary N) is 1. The van der Waals surface area contributed by atoms with Crippen molar-refractivity contribution in [1.29, 1.82) is 0 Å². The lowest BCUT2D eigenvalue weighted by Crippen LogP contribution is -2.26. The second kappa shape index (κ2) is 5.08. The Morgan fingerprint density at radius 3 is 2.56 bits per heavy atom. The van der Waals surface area contributed by atoms with Gasteiger partial charge < -0.3 is 16.3 Å². The van der Waals surface area contributed by atoms with Crippen molar-refractivity contribution in [3.8, 4) is 0 Å². The Morgan fingerprint density at radius 1 is 1.44 bits per heavy atom. The quantitative estimate of drug-likeness (QED) is 0.324. The second-order valence-electron chi connectivity index (χ2n) is 4.55. The van der Waals surface area contributed by atoms with E-state index in [0.29, 0.717) is 23.1 Å². The number of nitrogens with zero attached hydrogens (tertiary/aromatic N) is 1. The van der Waals surface area contributed by atoms with Crippen LogP contribution in [0.15, 0.2) is 29.4 Å². The monoisotopic (exact) mass is 247 g/mol. The van der Waals surface area contributed by atoms with Gasteiger partial charge in [-0.05, 0) is 24.5 Å². The predicted molar refractivity (Wildman–Crippen MR) is 68.6 cm³/mol. The fourth-order valence-corrected chi connectivity index (χ4v) is 1.98. The summed E-state index contributed by atoms with van der Waals surface area (Å²) < 4.78 is 0. The summed E-state index contributed by atoms with van der Waals surface area (Å²) in [6.45, 7) is 2.13. The van der Waals surface area contributed by atoms with Crippen LogP contribution >= 0.6 is 0 Å². The average molecular weight is 247 g/mol. The summed E-state index contributed by atoms with van der Waals surface area (Å²) in [4.78, 5) is 11.9. The Bertz CT molecular complexity index is 468. The normalized spacial score (nSPS) is 22.6. The van der Waals surface area contributed by atoms with Crippen LogP contribution in [0.3, 0.4) is 0 Å². The van der Waals surface area contributed by atoms with E-state index in [9.17, 15) is 4.79 Å². The zero-order chi connectivity index (χ0) is 13.1. The molecule has 2 rings (SSSR count). The Morgan fingerprint density at radius 2 is 2.06 bits per heavy atom. The van der Waals surface area contributed by atoms with Crippen LogP contribution in [0, 0.1) is 5.92 Å². The second-order valence-corrected chi connectivity index (χ2v) is 4.55. The van der Waals surface area contributed by atoms with E-state index in [0.717, 1.165) is 12.8 Å². The molecular formula is C13H17N3O2. The first kappa shape index (κ1) is 12.4. The molecule has 1 aliphatic rings. The molecule has 1 aromatic carbocycles. The van der Waals surface area contributed by atoms with Gasteiger partial charge in [0.1, 0.15) is 0 Å². The van der Waals surface area contributed by atoms with Crippen molar-refractivity contribution in [1.82, 2.24) is 5.32 Å². The molecule has 96 valence electrons. The molecule has 0 spiro atoms. The molecule has 0 saturated heterocycles. The number of carbonyl (C=O) groups excluding carboxylic acids is 1. The van der Waals surface area contributed by atoms with Gasteiger partial charge >= 0.3 is 0 Å². The summed E-state index contributed by atoms with van der Waals surface area (Å²) in [5.74, 6) is 0.600. The largest absolute Gasteiger partial charge is 0.409 e. The van der Waals surface area contributed by atoms with Crippen molar-refractivity contribution in [3.05, 3.63) is 35.4 Å². The van der Waals surface area contributed by atoms with Crippen LogP contribution in [0.1, 0.15) is 35.7 Å². The molecule has 0 aromatic heterocycles. The SMILES string of the molecule is CCC1CC1NC(=O)c1ccc(/C(N)=N/O)cc1. The first-order valence-corrected chi connectivity index (χ1v) is 6.04. The summed E-state index contributed by atoms with van der Waals surface area (Å²) >= 11 is 0. The van der Waals surface area contributed by atoms with Crippen LogP contribution < -0.4 is 11.1 Å². The number of nitrogens with two attached hydrogens (primary N) is 1. The highest BCUT2D eigenvalue weighted by atomic mass is 16.4. The molecule has 0 radical (unpaired) electrons. The third kappa shape index (κ3) is 2.61. The van der Waals surface area contributed by atoms with Crippen molar-refractivity contribution in [2.75, 3.05) is 0 Å². The molecule has 1 fully saturated rings. The minimum atomic E-state index is -0.0676. The molecular weight excluding hydrogens is 230 g/mol. The van der Waals surface area contributed by atoms with E-state index in [2.05, 4.69) is 17.4 Å². The van der Waals surface area contributed by atoms with Crippen LogP contribution in [-0.2, 0) is 0 Å². The van der Waals surface area contributed by atoms with Gasteiger partial charge in [-0.2, -0.15) is 0 Å². The Kier molecular flexibility index (Phi) is 3.50. The fraction of sp³-hybridized carbons (Fsp3) is 0.385. The van der Waals surface area contributed by atoms with Gasteiger partial charge in [-0.3, -0.25) is 4.79 Å². The third-order valence-electron chi connectivity index (χ3n) is 3.31. The number of carbonyl (C=O) groups is 1. The highest BCUT2D eigenvalue weighted by molar-refractivity contribution is 5.99. The molecule has 4 N–H and O–H groups in total. The summed E-state index contributed by atoms with van der Waals surface area (Å²) in [6.07, 6.45) is 2.18. The molecule has 2 unspecified atom stereocenters. The van der Waals surface area contributed by atoms with E-state index in [1.807, 2.05) is 0 Å². The van der Waals surface area contributed by atoms with E-state index in [-0.39, 0.29) is 11.7 Å². The maximum atomic E-state index is 11.9. The van der Waals surface area contributed by atoms with E-state index >= 15 is 0 Å². The molecule has 0 heterocycles. The van der Waals surface area contributed by atoms with Crippen LogP contribution in [0.4, 0.5) is 0 Å². The zero-order valence-corrected chi connectivity index (χ0v) is 10.3. The third-order valence-corrected chi connectivity index (χ3v) is 3.31. The molecule has 18 heavy (non-hydrogen) atoms. The highest BCUT2D eigenvalue weighted by Crippen LogP contribution is 2.33. The Hall–Kier alpha value is -2.04. The lowest BCUT2D eigenvalue weighted by atomic mass is 10.1. The van der Waals surface area contributed by atoms with E-state index < -0.39 is 0 Å². The van der Waals surface area contributed by atoms with Gasteiger partial charge in [0, 0.05) is 17.2 Å². The molecule has 1 aliphatic carbocycles. The first-order valence-electron chi connectivity index (χ1n) is 6.04. The standard InChI is InChI=1S/C13H17N3O2/c1-2-8-7-11(8)15-13(17)10-5-3-9(4-6-10)12(14)16-18/h3-6,8,11,18H,2,7H2,1H3,(H2,14,16)(H,15,17). The van der Waals surface area contributed by atoms with E-state index in [1.54, 1.807) is 24.3 Å². The summed E-state index contributed by atoms with van der Waals surface area (Å²) in [6, 6.07) is 6.99. The topological polar surface area (TPSA) is 87.7 Å². The van der Waals surface area contributed by atoms with Crippen molar-refractivity contribution in [3.63, 3.8) is 0 Å². The van der Waals surface area contributed by atoms with Crippen molar-refractivity contribution >= 4 is 11.7 Å². The minimum Gasteiger partial charge on any atom is -0.409 e. The Labute approximate surface area is 106 Å². The van der Waals surface area contributed by atoms with Crippen molar-refractivity contribution in [2.45, 2.75) is 25.8 Å².